The van der Waals surface area contributed by atoms with E-state index in [0.29, 0.717) is 13.0 Å². The summed E-state index contributed by atoms with van der Waals surface area (Å²) in [6, 6.07) is 1.49. The predicted octanol–water partition coefficient (Wildman–Crippen LogP) is 0.750. The lowest BCUT2D eigenvalue weighted by atomic mass is 9.77. The van der Waals surface area contributed by atoms with E-state index in [2.05, 4.69) is 5.10 Å². The molecule has 3 rings (SSSR count). The number of halogens is 2. The molecule has 8 heteroatoms. The third-order valence-corrected chi connectivity index (χ3v) is 4.46. The second-order valence-corrected chi connectivity index (χ2v) is 6.33. The molecule has 0 aliphatic carbocycles. The van der Waals surface area contributed by atoms with Gasteiger partial charge in [0.1, 0.15) is 5.69 Å². The lowest BCUT2D eigenvalue weighted by Gasteiger charge is -2.42. The summed E-state index contributed by atoms with van der Waals surface area (Å²) in [5.41, 5.74) is -1.05. The third kappa shape index (κ3) is 2.36. The van der Waals surface area contributed by atoms with Crippen molar-refractivity contribution in [2.45, 2.75) is 18.8 Å². The van der Waals surface area contributed by atoms with E-state index in [1.165, 1.54) is 15.6 Å². The number of rotatable bonds is 1. The standard InChI is InChI=1S/C14H18F2N4O2/c1-18-6-4-13(12(18)22)7-14(15,16)9-20(8-13)11(21)10-3-5-19(2)17-10/h3,5H,4,6-9H2,1-2H3. The molecule has 6 nitrogen and oxygen atoms in total. The zero-order valence-electron chi connectivity index (χ0n) is 12.6. The topological polar surface area (TPSA) is 58.4 Å². The number of aromatic nitrogens is 2. The van der Waals surface area contributed by atoms with Crippen LogP contribution in [0.1, 0.15) is 23.3 Å². The van der Waals surface area contributed by atoms with Crippen molar-refractivity contribution in [2.24, 2.45) is 12.5 Å². The first kappa shape index (κ1) is 14.9. The van der Waals surface area contributed by atoms with Crippen molar-refractivity contribution in [3.63, 3.8) is 0 Å². The van der Waals surface area contributed by atoms with Crippen LogP contribution in [0.4, 0.5) is 8.78 Å². The molecule has 1 unspecified atom stereocenters. The highest BCUT2D eigenvalue weighted by Gasteiger charge is 2.57. The van der Waals surface area contributed by atoms with Gasteiger partial charge in [-0.05, 0) is 12.5 Å². The lowest BCUT2D eigenvalue weighted by Crippen LogP contribution is -2.57. The molecule has 0 saturated carbocycles. The second kappa shape index (κ2) is 4.76. The minimum atomic E-state index is -3.07. The van der Waals surface area contributed by atoms with Gasteiger partial charge in [-0.2, -0.15) is 5.10 Å². The summed E-state index contributed by atoms with van der Waals surface area (Å²) in [7, 11) is 3.26. The average Bonchev–Trinajstić information content (AvgIpc) is 2.97. The molecule has 1 aromatic rings. The molecule has 0 radical (unpaired) electrons. The predicted molar refractivity (Wildman–Crippen MR) is 73.4 cm³/mol. The summed E-state index contributed by atoms with van der Waals surface area (Å²) in [6.45, 7) is -0.192. The third-order valence-electron chi connectivity index (χ3n) is 4.46. The largest absolute Gasteiger partial charge is 0.345 e. The summed E-state index contributed by atoms with van der Waals surface area (Å²) in [4.78, 5) is 27.3. The molecule has 2 saturated heterocycles. The van der Waals surface area contributed by atoms with Crippen LogP contribution in [-0.2, 0) is 11.8 Å². The molecule has 0 N–H and O–H groups in total. The van der Waals surface area contributed by atoms with Crippen LogP contribution in [0.3, 0.4) is 0 Å². The molecule has 1 spiro atoms. The molecule has 3 heterocycles. The van der Waals surface area contributed by atoms with Crippen LogP contribution >= 0.6 is 0 Å². The highest BCUT2D eigenvalue weighted by atomic mass is 19.3. The van der Waals surface area contributed by atoms with Gasteiger partial charge in [-0.1, -0.05) is 0 Å². The van der Waals surface area contributed by atoms with Gasteiger partial charge in [-0.25, -0.2) is 8.78 Å². The van der Waals surface area contributed by atoms with Gasteiger partial charge in [0.05, 0.1) is 12.0 Å². The minimum absolute atomic E-state index is 0.0289. The van der Waals surface area contributed by atoms with Gasteiger partial charge in [0.15, 0.2) is 0 Å². The molecule has 0 bridgehead atoms. The quantitative estimate of drug-likeness (QED) is 0.769. The van der Waals surface area contributed by atoms with E-state index in [1.807, 2.05) is 0 Å². The minimum Gasteiger partial charge on any atom is -0.345 e. The van der Waals surface area contributed by atoms with Crippen molar-refractivity contribution < 1.29 is 18.4 Å². The Morgan fingerprint density at radius 2 is 2.05 bits per heavy atom. The highest BCUT2D eigenvalue weighted by Crippen LogP contribution is 2.45. The van der Waals surface area contributed by atoms with Crippen LogP contribution in [-0.4, -0.2) is 64.0 Å². The number of hydrogen-bond donors (Lipinski definition) is 0. The molecule has 1 atom stereocenters. The van der Waals surface area contributed by atoms with E-state index in [-0.39, 0.29) is 18.1 Å². The maximum Gasteiger partial charge on any atom is 0.274 e. The zero-order chi connectivity index (χ0) is 16.1. The Hall–Kier alpha value is -1.99. The van der Waals surface area contributed by atoms with Gasteiger partial charge in [-0.3, -0.25) is 14.3 Å². The molecule has 22 heavy (non-hydrogen) atoms. The van der Waals surface area contributed by atoms with E-state index in [0.717, 1.165) is 4.90 Å². The smallest absolute Gasteiger partial charge is 0.274 e. The number of aryl methyl sites for hydroxylation is 1. The molecule has 2 aliphatic rings. The van der Waals surface area contributed by atoms with Gasteiger partial charge in [0, 0.05) is 39.8 Å². The maximum atomic E-state index is 14.1. The van der Waals surface area contributed by atoms with Crippen molar-refractivity contribution in [2.75, 3.05) is 26.7 Å². The number of nitrogens with zero attached hydrogens (tertiary/aromatic N) is 4. The molecule has 1 aromatic heterocycles. The number of carbonyl (C=O) groups is 2. The van der Waals surface area contributed by atoms with Crippen molar-refractivity contribution >= 4 is 11.8 Å². The van der Waals surface area contributed by atoms with Crippen LogP contribution < -0.4 is 0 Å². The van der Waals surface area contributed by atoms with Gasteiger partial charge >= 0.3 is 0 Å². The van der Waals surface area contributed by atoms with E-state index in [1.54, 1.807) is 20.3 Å². The Bertz CT molecular complexity index is 630. The first-order valence-electron chi connectivity index (χ1n) is 7.15. The summed E-state index contributed by atoms with van der Waals surface area (Å²) < 4.78 is 29.7. The lowest BCUT2D eigenvalue weighted by molar-refractivity contribution is -0.150. The fraction of sp³-hybridized carbons (Fsp3) is 0.643. The average molecular weight is 312 g/mol. The number of carbonyl (C=O) groups excluding carboxylic acids is 2. The normalized spacial score (nSPS) is 27.7. The zero-order valence-corrected chi connectivity index (χ0v) is 12.6. The Labute approximate surface area is 126 Å². The number of alkyl halides is 2. The van der Waals surface area contributed by atoms with Gasteiger partial charge in [-0.15, -0.1) is 0 Å². The van der Waals surface area contributed by atoms with Gasteiger partial charge in [0.25, 0.3) is 11.8 Å². The fourth-order valence-electron chi connectivity index (χ4n) is 3.45. The van der Waals surface area contributed by atoms with Crippen LogP contribution in [0.15, 0.2) is 12.3 Å². The van der Waals surface area contributed by atoms with Crippen LogP contribution in [0.2, 0.25) is 0 Å². The summed E-state index contributed by atoms with van der Waals surface area (Å²) in [5, 5.41) is 3.97. The molecule has 2 fully saturated rings. The Balaban J connectivity index is 1.89. The molecular formula is C14H18F2N4O2. The van der Waals surface area contributed by atoms with Crippen LogP contribution in [0.25, 0.3) is 0 Å². The van der Waals surface area contributed by atoms with E-state index in [9.17, 15) is 18.4 Å². The van der Waals surface area contributed by atoms with E-state index >= 15 is 0 Å². The molecule has 0 aromatic carbocycles. The van der Waals surface area contributed by atoms with Crippen molar-refractivity contribution in [3.8, 4) is 0 Å². The summed E-state index contributed by atoms with van der Waals surface area (Å²) in [5.74, 6) is -3.92. The van der Waals surface area contributed by atoms with Crippen molar-refractivity contribution in [1.82, 2.24) is 19.6 Å². The Morgan fingerprint density at radius 1 is 1.32 bits per heavy atom. The van der Waals surface area contributed by atoms with Gasteiger partial charge in [0.2, 0.25) is 5.91 Å². The maximum absolute atomic E-state index is 14.1. The van der Waals surface area contributed by atoms with Crippen LogP contribution in [0.5, 0.6) is 0 Å². The molecule has 2 aliphatic heterocycles. The summed E-state index contributed by atoms with van der Waals surface area (Å²) >= 11 is 0. The molecular weight excluding hydrogens is 294 g/mol. The highest BCUT2D eigenvalue weighted by molar-refractivity contribution is 5.93. The van der Waals surface area contributed by atoms with E-state index in [4.69, 9.17) is 0 Å². The first-order valence-corrected chi connectivity index (χ1v) is 7.15. The number of amides is 2. The van der Waals surface area contributed by atoms with Gasteiger partial charge < -0.3 is 9.80 Å². The first-order chi connectivity index (χ1) is 10.2. The van der Waals surface area contributed by atoms with E-state index < -0.39 is 30.2 Å². The summed E-state index contributed by atoms with van der Waals surface area (Å²) in [6.07, 6.45) is 1.44. The Kier molecular flexibility index (Phi) is 3.23. The second-order valence-electron chi connectivity index (χ2n) is 6.33. The van der Waals surface area contributed by atoms with Crippen molar-refractivity contribution in [3.05, 3.63) is 18.0 Å². The van der Waals surface area contributed by atoms with Crippen molar-refractivity contribution in [1.29, 1.82) is 0 Å². The number of likely N-dealkylation sites (tertiary alicyclic amines) is 2. The monoisotopic (exact) mass is 312 g/mol. The SMILES string of the molecule is CN1CCC2(CN(C(=O)c3ccn(C)n3)CC(F)(F)C2)C1=O. The molecule has 2 amide bonds. The number of hydrogen-bond acceptors (Lipinski definition) is 3. The molecule has 120 valence electrons. The van der Waals surface area contributed by atoms with Crippen LogP contribution in [0, 0.1) is 5.41 Å². The Morgan fingerprint density at radius 3 is 2.59 bits per heavy atom. The number of piperidine rings is 1. The fourth-order valence-corrected chi connectivity index (χ4v) is 3.45.